The van der Waals surface area contributed by atoms with Gasteiger partial charge in [0, 0.05) is 31.3 Å². The molecule has 1 amide bonds. The van der Waals surface area contributed by atoms with Crippen LogP contribution in [0.4, 0.5) is 13.9 Å². The number of piperidine rings is 1. The Bertz CT molecular complexity index is 942. The number of para-hydroxylation sites is 1. The first-order valence-electron chi connectivity index (χ1n) is 8.92. The van der Waals surface area contributed by atoms with Crippen LogP contribution in [0.5, 0.6) is 0 Å². The van der Waals surface area contributed by atoms with E-state index in [9.17, 15) is 13.6 Å². The van der Waals surface area contributed by atoms with Crippen molar-refractivity contribution < 1.29 is 13.6 Å². The molecule has 0 saturated carbocycles. The predicted octanol–water partition coefficient (Wildman–Crippen LogP) is 4.11. The number of aromatic nitrogens is 1. The molecule has 1 atom stereocenters. The number of rotatable bonds is 4. The molecule has 2 aromatic carbocycles. The molecule has 1 aromatic heterocycles. The number of benzene rings is 2. The fourth-order valence-corrected chi connectivity index (χ4v) is 4.35. The van der Waals surface area contributed by atoms with Gasteiger partial charge in [-0.1, -0.05) is 29.5 Å². The molecule has 1 unspecified atom stereocenters. The minimum Gasteiger partial charge on any atom is -0.352 e. The van der Waals surface area contributed by atoms with E-state index in [2.05, 4.69) is 15.2 Å². The molecule has 0 aliphatic carbocycles. The van der Waals surface area contributed by atoms with Crippen LogP contribution in [0.2, 0.25) is 0 Å². The van der Waals surface area contributed by atoms with E-state index in [1.54, 1.807) is 11.3 Å². The number of halogens is 2. The zero-order valence-corrected chi connectivity index (χ0v) is 15.4. The van der Waals surface area contributed by atoms with Crippen molar-refractivity contribution in [1.29, 1.82) is 0 Å². The Kier molecular flexibility index (Phi) is 5.03. The second kappa shape index (κ2) is 7.60. The molecule has 140 valence electrons. The van der Waals surface area contributed by atoms with Crippen molar-refractivity contribution in [2.45, 2.75) is 19.4 Å². The second-order valence-corrected chi connectivity index (χ2v) is 7.71. The van der Waals surface area contributed by atoms with Crippen LogP contribution in [0.15, 0.2) is 42.5 Å². The Hall–Kier alpha value is -2.54. The van der Waals surface area contributed by atoms with Gasteiger partial charge in [0.25, 0.3) is 0 Å². The molecule has 1 aliphatic rings. The highest BCUT2D eigenvalue weighted by Crippen LogP contribution is 2.31. The molecule has 7 heteroatoms. The summed E-state index contributed by atoms with van der Waals surface area (Å²) < 4.78 is 27.8. The maximum Gasteiger partial charge on any atom is 0.225 e. The van der Waals surface area contributed by atoms with Gasteiger partial charge in [0.05, 0.1) is 16.1 Å². The van der Waals surface area contributed by atoms with E-state index in [0.717, 1.165) is 40.8 Å². The molecule has 1 fully saturated rings. The Morgan fingerprint density at radius 2 is 2.11 bits per heavy atom. The van der Waals surface area contributed by atoms with Crippen molar-refractivity contribution in [3.8, 4) is 0 Å². The van der Waals surface area contributed by atoms with Gasteiger partial charge in [-0.15, -0.1) is 0 Å². The van der Waals surface area contributed by atoms with Gasteiger partial charge in [-0.25, -0.2) is 13.8 Å². The van der Waals surface area contributed by atoms with Gasteiger partial charge < -0.3 is 10.2 Å². The monoisotopic (exact) mass is 387 g/mol. The molecule has 3 aromatic rings. The third-order valence-electron chi connectivity index (χ3n) is 4.81. The fourth-order valence-electron chi connectivity index (χ4n) is 3.35. The maximum absolute atomic E-state index is 13.7. The highest BCUT2D eigenvalue weighted by Gasteiger charge is 2.27. The van der Waals surface area contributed by atoms with Crippen molar-refractivity contribution >= 4 is 32.6 Å². The number of carbonyl (C=O) groups excluding carboxylic acids is 1. The topological polar surface area (TPSA) is 45.2 Å². The summed E-state index contributed by atoms with van der Waals surface area (Å²) in [7, 11) is 0. The van der Waals surface area contributed by atoms with Crippen LogP contribution >= 0.6 is 11.3 Å². The van der Waals surface area contributed by atoms with Crippen molar-refractivity contribution in [3.05, 3.63) is 59.7 Å². The van der Waals surface area contributed by atoms with Gasteiger partial charge in [0.2, 0.25) is 5.91 Å². The first-order chi connectivity index (χ1) is 13.1. The summed E-state index contributed by atoms with van der Waals surface area (Å²) >= 11 is 1.63. The fraction of sp³-hybridized carbons (Fsp3) is 0.300. The standard InChI is InChI=1S/C20H19F2N3OS/c21-15-8-7-13(16(22)10-15)11-23-19(26)14-4-3-9-25(12-14)20-24-17-5-1-2-6-18(17)27-20/h1-2,5-8,10,14H,3-4,9,11-12H2,(H,23,26). The summed E-state index contributed by atoms with van der Waals surface area (Å²) in [6, 6.07) is 11.4. The van der Waals surface area contributed by atoms with Crippen LogP contribution in [0, 0.1) is 17.6 Å². The normalized spacial score (nSPS) is 17.3. The van der Waals surface area contributed by atoms with E-state index >= 15 is 0 Å². The van der Waals surface area contributed by atoms with Gasteiger partial charge in [-0.3, -0.25) is 4.79 Å². The average Bonchev–Trinajstić information content (AvgIpc) is 3.11. The smallest absolute Gasteiger partial charge is 0.225 e. The molecular formula is C20H19F2N3OS. The molecule has 2 heterocycles. The number of carbonyl (C=O) groups is 1. The van der Waals surface area contributed by atoms with E-state index in [1.807, 2.05) is 24.3 Å². The summed E-state index contributed by atoms with van der Waals surface area (Å²) in [5, 5.41) is 3.71. The second-order valence-electron chi connectivity index (χ2n) is 6.70. The summed E-state index contributed by atoms with van der Waals surface area (Å²) in [5.41, 5.74) is 1.25. The van der Waals surface area contributed by atoms with Crippen molar-refractivity contribution in [3.63, 3.8) is 0 Å². The third kappa shape index (κ3) is 3.93. The molecule has 27 heavy (non-hydrogen) atoms. The van der Waals surface area contributed by atoms with E-state index in [4.69, 9.17) is 0 Å². The summed E-state index contributed by atoms with van der Waals surface area (Å²) in [6.07, 6.45) is 1.69. The van der Waals surface area contributed by atoms with E-state index in [1.165, 1.54) is 12.1 Å². The summed E-state index contributed by atoms with van der Waals surface area (Å²) in [4.78, 5) is 19.4. The molecular weight excluding hydrogens is 368 g/mol. The molecule has 1 N–H and O–H groups in total. The lowest BCUT2D eigenvalue weighted by Crippen LogP contribution is -2.43. The molecule has 0 bridgehead atoms. The SMILES string of the molecule is O=C(NCc1ccc(F)cc1F)C1CCCN(c2nc3ccccc3s2)C1. The van der Waals surface area contributed by atoms with Crippen molar-refractivity contribution in [2.24, 2.45) is 5.92 Å². The molecule has 4 rings (SSSR count). The van der Waals surface area contributed by atoms with Crippen molar-refractivity contribution in [1.82, 2.24) is 10.3 Å². The third-order valence-corrected chi connectivity index (χ3v) is 5.91. The van der Waals surface area contributed by atoms with Gasteiger partial charge in [0.15, 0.2) is 5.13 Å². The lowest BCUT2D eigenvalue weighted by Gasteiger charge is -2.31. The lowest BCUT2D eigenvalue weighted by atomic mass is 9.97. The molecule has 0 spiro atoms. The van der Waals surface area contributed by atoms with Crippen LogP contribution < -0.4 is 10.2 Å². The molecule has 0 radical (unpaired) electrons. The Labute approximate surface area is 159 Å². The van der Waals surface area contributed by atoms with Crippen molar-refractivity contribution in [2.75, 3.05) is 18.0 Å². The van der Waals surface area contributed by atoms with E-state index in [-0.39, 0.29) is 23.9 Å². The predicted molar refractivity (Wildman–Crippen MR) is 103 cm³/mol. The number of hydrogen-bond donors (Lipinski definition) is 1. The van der Waals surface area contributed by atoms with Gasteiger partial charge in [0.1, 0.15) is 11.6 Å². The largest absolute Gasteiger partial charge is 0.352 e. The summed E-state index contributed by atoms with van der Waals surface area (Å²) in [6.45, 7) is 1.52. The van der Waals surface area contributed by atoms with Crippen LogP contribution in [0.25, 0.3) is 10.2 Å². The van der Waals surface area contributed by atoms with E-state index in [0.29, 0.717) is 6.54 Å². The molecule has 4 nitrogen and oxygen atoms in total. The quantitative estimate of drug-likeness (QED) is 0.733. The highest BCUT2D eigenvalue weighted by atomic mass is 32.1. The van der Waals surface area contributed by atoms with E-state index < -0.39 is 11.6 Å². The number of nitrogens with zero attached hydrogens (tertiary/aromatic N) is 2. The van der Waals surface area contributed by atoms with Crippen LogP contribution in [0.1, 0.15) is 18.4 Å². The average molecular weight is 387 g/mol. The Morgan fingerprint density at radius 1 is 1.26 bits per heavy atom. The number of anilines is 1. The number of fused-ring (bicyclic) bond motifs is 1. The van der Waals surface area contributed by atoms with Crippen LogP contribution in [-0.4, -0.2) is 24.0 Å². The van der Waals surface area contributed by atoms with Gasteiger partial charge in [-0.2, -0.15) is 0 Å². The van der Waals surface area contributed by atoms with Gasteiger partial charge >= 0.3 is 0 Å². The number of hydrogen-bond acceptors (Lipinski definition) is 4. The lowest BCUT2D eigenvalue weighted by molar-refractivity contribution is -0.125. The number of thiazole rings is 1. The molecule has 1 aliphatic heterocycles. The summed E-state index contributed by atoms with van der Waals surface area (Å²) in [5.74, 6) is -1.55. The minimum absolute atomic E-state index is 0.0581. The first kappa shape index (κ1) is 17.9. The van der Waals surface area contributed by atoms with Gasteiger partial charge in [-0.05, 0) is 31.0 Å². The minimum atomic E-state index is -0.643. The number of amides is 1. The van der Waals surface area contributed by atoms with Crippen LogP contribution in [-0.2, 0) is 11.3 Å². The highest BCUT2D eigenvalue weighted by molar-refractivity contribution is 7.22. The number of nitrogens with one attached hydrogen (secondary N) is 1. The molecule has 1 saturated heterocycles. The van der Waals surface area contributed by atoms with Crippen LogP contribution in [0.3, 0.4) is 0 Å². The first-order valence-corrected chi connectivity index (χ1v) is 9.74. The Morgan fingerprint density at radius 3 is 2.93 bits per heavy atom. The maximum atomic E-state index is 13.7. The Balaban J connectivity index is 1.40. The zero-order valence-electron chi connectivity index (χ0n) is 14.6. The zero-order chi connectivity index (χ0) is 18.8.